The molecule has 0 fully saturated rings. The highest BCUT2D eigenvalue weighted by molar-refractivity contribution is 9.11. The first-order valence-corrected chi connectivity index (χ1v) is 8.29. The normalized spacial score (nSPS) is 11.2. The van der Waals surface area contributed by atoms with E-state index < -0.39 is 0 Å². The predicted molar refractivity (Wildman–Crippen MR) is 88.1 cm³/mol. The van der Waals surface area contributed by atoms with Crippen LogP contribution in [-0.2, 0) is 13.1 Å². The van der Waals surface area contributed by atoms with E-state index in [2.05, 4.69) is 61.1 Å². The SMILES string of the molecule is Brc1ccc(CNCCCn2cnc3ccccc32)s1. The molecule has 0 radical (unpaired) electrons. The van der Waals surface area contributed by atoms with Gasteiger partial charge >= 0.3 is 0 Å². The molecule has 104 valence electrons. The number of nitrogens with zero attached hydrogens (tertiary/aromatic N) is 2. The van der Waals surface area contributed by atoms with E-state index >= 15 is 0 Å². The molecule has 5 heteroatoms. The van der Waals surface area contributed by atoms with Gasteiger partial charge in [-0.25, -0.2) is 4.98 Å². The van der Waals surface area contributed by atoms with Crippen molar-refractivity contribution in [3.63, 3.8) is 0 Å². The van der Waals surface area contributed by atoms with Crippen LogP contribution in [0.5, 0.6) is 0 Å². The Bertz CT molecular complexity index is 689. The molecular formula is C15H16BrN3S. The standard InChI is InChI=1S/C15H16BrN3S/c16-15-7-6-12(20-15)10-17-8-3-9-19-11-18-13-4-1-2-5-14(13)19/h1-2,4-7,11,17H,3,8-10H2. The minimum absolute atomic E-state index is 0.945. The fourth-order valence-corrected chi connectivity index (χ4v) is 3.67. The number of thiophene rings is 1. The average molecular weight is 350 g/mol. The zero-order chi connectivity index (χ0) is 13.8. The third-order valence-corrected chi connectivity index (χ3v) is 4.83. The number of aromatic nitrogens is 2. The van der Waals surface area contributed by atoms with Crippen molar-refractivity contribution in [1.29, 1.82) is 0 Å². The smallest absolute Gasteiger partial charge is 0.0958 e. The summed E-state index contributed by atoms with van der Waals surface area (Å²) in [5, 5.41) is 3.48. The van der Waals surface area contributed by atoms with Crippen LogP contribution in [0.15, 0.2) is 46.5 Å². The highest BCUT2D eigenvalue weighted by atomic mass is 79.9. The van der Waals surface area contributed by atoms with E-state index in [0.29, 0.717) is 0 Å². The number of para-hydroxylation sites is 2. The Morgan fingerprint density at radius 3 is 2.95 bits per heavy atom. The molecule has 0 aliphatic carbocycles. The van der Waals surface area contributed by atoms with Crippen LogP contribution in [0.4, 0.5) is 0 Å². The summed E-state index contributed by atoms with van der Waals surface area (Å²) in [6, 6.07) is 12.5. The summed E-state index contributed by atoms with van der Waals surface area (Å²) in [5.74, 6) is 0. The van der Waals surface area contributed by atoms with Crippen LogP contribution < -0.4 is 5.32 Å². The molecule has 0 aliphatic rings. The Balaban J connectivity index is 1.46. The Kier molecular flexibility index (Phi) is 4.50. The summed E-state index contributed by atoms with van der Waals surface area (Å²) in [6.07, 6.45) is 3.04. The van der Waals surface area contributed by atoms with E-state index in [9.17, 15) is 0 Å². The average Bonchev–Trinajstić information content (AvgIpc) is 3.05. The molecule has 3 rings (SSSR count). The second kappa shape index (κ2) is 6.52. The molecule has 2 heterocycles. The number of halogens is 1. The Morgan fingerprint density at radius 2 is 2.10 bits per heavy atom. The Labute approximate surface area is 130 Å². The molecule has 0 bridgehead atoms. The number of hydrogen-bond donors (Lipinski definition) is 1. The van der Waals surface area contributed by atoms with Crippen LogP contribution in [-0.4, -0.2) is 16.1 Å². The van der Waals surface area contributed by atoms with Gasteiger partial charge in [0, 0.05) is 18.0 Å². The van der Waals surface area contributed by atoms with Gasteiger partial charge in [-0.3, -0.25) is 0 Å². The molecule has 20 heavy (non-hydrogen) atoms. The number of aryl methyl sites for hydroxylation is 1. The number of imidazole rings is 1. The molecule has 3 nitrogen and oxygen atoms in total. The van der Waals surface area contributed by atoms with Crippen molar-refractivity contribution in [3.8, 4) is 0 Å². The Hall–Kier alpha value is -1.17. The fourth-order valence-electron chi connectivity index (χ4n) is 2.22. The number of benzene rings is 1. The van der Waals surface area contributed by atoms with Crippen molar-refractivity contribution in [2.24, 2.45) is 0 Å². The molecule has 0 aliphatic heterocycles. The first-order valence-electron chi connectivity index (χ1n) is 6.68. The molecule has 1 N–H and O–H groups in total. The van der Waals surface area contributed by atoms with Crippen LogP contribution in [0.25, 0.3) is 11.0 Å². The summed E-state index contributed by atoms with van der Waals surface area (Å²) in [4.78, 5) is 5.77. The van der Waals surface area contributed by atoms with Crippen molar-refractivity contribution in [3.05, 3.63) is 51.4 Å². The van der Waals surface area contributed by atoms with Crippen LogP contribution in [0.1, 0.15) is 11.3 Å². The predicted octanol–water partition coefficient (Wildman–Crippen LogP) is 4.04. The van der Waals surface area contributed by atoms with Crippen molar-refractivity contribution < 1.29 is 0 Å². The lowest BCUT2D eigenvalue weighted by atomic mass is 10.3. The molecule has 0 spiro atoms. The molecular weight excluding hydrogens is 334 g/mol. The topological polar surface area (TPSA) is 29.9 Å². The number of fused-ring (bicyclic) bond motifs is 1. The van der Waals surface area contributed by atoms with Gasteiger partial charge in [-0.1, -0.05) is 12.1 Å². The zero-order valence-corrected chi connectivity index (χ0v) is 13.5. The highest BCUT2D eigenvalue weighted by Gasteiger charge is 2.01. The van der Waals surface area contributed by atoms with Crippen LogP contribution >= 0.6 is 27.3 Å². The van der Waals surface area contributed by atoms with E-state index in [1.807, 2.05) is 12.4 Å². The van der Waals surface area contributed by atoms with Crippen molar-refractivity contribution in [1.82, 2.24) is 14.9 Å². The van der Waals surface area contributed by atoms with Crippen LogP contribution in [0.2, 0.25) is 0 Å². The van der Waals surface area contributed by atoms with E-state index in [0.717, 1.165) is 31.6 Å². The molecule has 0 saturated carbocycles. The van der Waals surface area contributed by atoms with Crippen molar-refractivity contribution >= 4 is 38.3 Å². The summed E-state index contributed by atoms with van der Waals surface area (Å²) in [6.45, 7) is 2.96. The summed E-state index contributed by atoms with van der Waals surface area (Å²) < 4.78 is 3.41. The number of nitrogens with one attached hydrogen (secondary N) is 1. The lowest BCUT2D eigenvalue weighted by molar-refractivity contribution is 0.591. The van der Waals surface area contributed by atoms with Crippen LogP contribution in [0, 0.1) is 0 Å². The van der Waals surface area contributed by atoms with E-state index in [1.165, 1.54) is 14.2 Å². The van der Waals surface area contributed by atoms with Gasteiger partial charge in [-0.05, 0) is 53.2 Å². The van der Waals surface area contributed by atoms with E-state index in [1.54, 1.807) is 11.3 Å². The molecule has 2 aromatic heterocycles. The summed E-state index contributed by atoms with van der Waals surface area (Å²) in [7, 11) is 0. The largest absolute Gasteiger partial charge is 0.331 e. The van der Waals surface area contributed by atoms with Gasteiger partial charge in [-0.15, -0.1) is 11.3 Å². The maximum Gasteiger partial charge on any atom is 0.0958 e. The third-order valence-electron chi connectivity index (χ3n) is 3.21. The minimum atomic E-state index is 0.945. The van der Waals surface area contributed by atoms with Gasteiger partial charge in [0.25, 0.3) is 0 Å². The maximum atomic E-state index is 4.41. The lowest BCUT2D eigenvalue weighted by Crippen LogP contribution is -2.15. The number of rotatable bonds is 6. The Morgan fingerprint density at radius 1 is 1.20 bits per heavy atom. The number of hydrogen-bond acceptors (Lipinski definition) is 3. The first kappa shape index (κ1) is 13.8. The van der Waals surface area contributed by atoms with Gasteiger partial charge in [0.2, 0.25) is 0 Å². The second-order valence-electron chi connectivity index (χ2n) is 4.66. The molecule has 0 amide bonds. The monoisotopic (exact) mass is 349 g/mol. The van der Waals surface area contributed by atoms with Gasteiger partial charge < -0.3 is 9.88 Å². The van der Waals surface area contributed by atoms with Crippen molar-refractivity contribution in [2.75, 3.05) is 6.54 Å². The maximum absolute atomic E-state index is 4.41. The molecule has 0 saturated heterocycles. The molecule has 1 aromatic carbocycles. The molecule has 3 aromatic rings. The second-order valence-corrected chi connectivity index (χ2v) is 7.21. The van der Waals surface area contributed by atoms with Crippen molar-refractivity contribution in [2.45, 2.75) is 19.5 Å². The summed E-state index contributed by atoms with van der Waals surface area (Å²) in [5.41, 5.74) is 2.29. The van der Waals surface area contributed by atoms with Gasteiger partial charge in [0.1, 0.15) is 0 Å². The quantitative estimate of drug-likeness (QED) is 0.680. The van der Waals surface area contributed by atoms with Crippen LogP contribution in [0.3, 0.4) is 0 Å². The highest BCUT2D eigenvalue weighted by Crippen LogP contribution is 2.21. The van der Waals surface area contributed by atoms with E-state index in [4.69, 9.17) is 0 Å². The van der Waals surface area contributed by atoms with E-state index in [-0.39, 0.29) is 0 Å². The molecule has 0 unspecified atom stereocenters. The lowest BCUT2D eigenvalue weighted by Gasteiger charge is -2.05. The minimum Gasteiger partial charge on any atom is -0.331 e. The van der Waals surface area contributed by atoms with Gasteiger partial charge in [0.15, 0.2) is 0 Å². The van der Waals surface area contributed by atoms with Gasteiger partial charge in [-0.2, -0.15) is 0 Å². The first-order chi connectivity index (χ1) is 9.83. The zero-order valence-electron chi connectivity index (χ0n) is 11.1. The molecule has 0 atom stereocenters. The fraction of sp³-hybridized carbons (Fsp3) is 0.267. The van der Waals surface area contributed by atoms with Gasteiger partial charge in [0.05, 0.1) is 21.1 Å². The summed E-state index contributed by atoms with van der Waals surface area (Å²) >= 11 is 5.27. The third kappa shape index (κ3) is 3.29.